The Morgan fingerprint density at radius 2 is 1.72 bits per heavy atom. The summed E-state index contributed by atoms with van der Waals surface area (Å²) in [6.45, 7) is -1.65. The lowest BCUT2D eigenvalue weighted by Gasteiger charge is -2.14. The first-order chi connectivity index (χ1) is 13.6. The Bertz CT molecular complexity index is 1180. The molecule has 0 atom stereocenters. The van der Waals surface area contributed by atoms with E-state index >= 15 is 0 Å². The van der Waals surface area contributed by atoms with E-state index in [9.17, 15) is 31.1 Å². The van der Waals surface area contributed by atoms with Crippen molar-refractivity contribution in [3.63, 3.8) is 0 Å². The zero-order valence-corrected chi connectivity index (χ0v) is 14.4. The van der Waals surface area contributed by atoms with Gasteiger partial charge in [0.2, 0.25) is 5.43 Å². The molecule has 0 radical (unpaired) electrons. The van der Waals surface area contributed by atoms with E-state index in [4.69, 9.17) is 5.26 Å². The number of hydrogen-bond donors (Lipinski definition) is 0. The van der Waals surface area contributed by atoms with Gasteiger partial charge in [-0.25, -0.2) is 13.2 Å². The van der Waals surface area contributed by atoms with Gasteiger partial charge in [0, 0.05) is 12.7 Å². The topological polar surface area (TPSA) is 55.0 Å². The number of alkyl halides is 3. The van der Waals surface area contributed by atoms with Gasteiger partial charge >= 0.3 is 6.18 Å². The first-order valence-electron chi connectivity index (χ1n) is 8.00. The summed E-state index contributed by atoms with van der Waals surface area (Å²) in [5.74, 6) is -4.99. The molecular weight excluding hydrogens is 402 g/mol. The number of nitriles is 1. The van der Waals surface area contributed by atoms with Crippen LogP contribution in [0.3, 0.4) is 0 Å². The van der Waals surface area contributed by atoms with Crippen LogP contribution in [0.4, 0.5) is 26.3 Å². The van der Waals surface area contributed by atoms with Crippen molar-refractivity contribution in [2.24, 2.45) is 0 Å². The highest BCUT2D eigenvalue weighted by molar-refractivity contribution is 5.81. The van der Waals surface area contributed by atoms with Crippen LogP contribution in [0.5, 0.6) is 5.75 Å². The molecular formula is C19H10F6N2O2. The summed E-state index contributed by atoms with van der Waals surface area (Å²) in [6.07, 6.45) is -3.50. The van der Waals surface area contributed by atoms with Crippen LogP contribution in [0, 0.1) is 28.8 Å². The van der Waals surface area contributed by atoms with Crippen molar-refractivity contribution in [2.75, 3.05) is 6.61 Å². The molecule has 3 aromatic rings. The Labute approximate surface area is 159 Å². The SMILES string of the molecule is N#Cc1cn(Cc2ccc(OCC(F)(F)F)cc2)c2c(F)c(F)c(F)cc2c1=O. The lowest BCUT2D eigenvalue weighted by atomic mass is 10.1. The molecule has 2 aromatic carbocycles. The predicted molar refractivity (Wildman–Crippen MR) is 89.9 cm³/mol. The zero-order valence-electron chi connectivity index (χ0n) is 14.4. The van der Waals surface area contributed by atoms with Crippen molar-refractivity contribution in [2.45, 2.75) is 12.7 Å². The Morgan fingerprint density at radius 1 is 1.07 bits per heavy atom. The molecule has 4 nitrogen and oxygen atoms in total. The van der Waals surface area contributed by atoms with Crippen molar-refractivity contribution in [1.82, 2.24) is 4.57 Å². The van der Waals surface area contributed by atoms with Crippen LogP contribution in [-0.2, 0) is 6.54 Å². The number of benzene rings is 2. The summed E-state index contributed by atoms with van der Waals surface area (Å²) in [4.78, 5) is 12.2. The van der Waals surface area contributed by atoms with Crippen molar-refractivity contribution in [3.8, 4) is 11.8 Å². The standard InChI is InChI=1S/C19H10F6N2O2/c20-14-5-13-17(16(22)15(14)21)27(8-11(6-26)18(13)28)7-10-1-3-12(4-2-10)29-9-19(23,24)25/h1-5,8H,7,9H2. The third-order valence-electron chi connectivity index (χ3n) is 4.00. The van der Waals surface area contributed by atoms with Gasteiger partial charge < -0.3 is 9.30 Å². The maximum Gasteiger partial charge on any atom is 0.422 e. The molecule has 0 bridgehead atoms. The molecule has 3 rings (SSSR count). The minimum absolute atomic E-state index is 0.0622. The average Bonchev–Trinajstić information content (AvgIpc) is 2.67. The van der Waals surface area contributed by atoms with E-state index in [0.717, 1.165) is 10.8 Å². The average molecular weight is 412 g/mol. The number of ether oxygens (including phenoxy) is 1. The van der Waals surface area contributed by atoms with E-state index in [2.05, 4.69) is 4.74 Å². The van der Waals surface area contributed by atoms with Crippen LogP contribution in [0.1, 0.15) is 11.1 Å². The number of halogens is 6. The molecule has 0 saturated heterocycles. The Morgan fingerprint density at radius 3 is 2.31 bits per heavy atom. The van der Waals surface area contributed by atoms with Crippen LogP contribution in [0.15, 0.2) is 41.3 Å². The Kier molecular flexibility index (Phi) is 5.24. The molecule has 0 saturated carbocycles. The lowest BCUT2D eigenvalue weighted by molar-refractivity contribution is -0.153. The molecule has 0 amide bonds. The molecule has 0 aliphatic heterocycles. The van der Waals surface area contributed by atoms with Gasteiger partial charge in [-0.2, -0.15) is 18.4 Å². The normalized spacial score (nSPS) is 11.5. The second kappa shape index (κ2) is 7.50. The van der Waals surface area contributed by atoms with E-state index in [1.165, 1.54) is 24.3 Å². The van der Waals surface area contributed by atoms with E-state index in [1.807, 2.05) is 0 Å². The zero-order chi connectivity index (χ0) is 21.3. The fraction of sp³-hybridized carbons (Fsp3) is 0.158. The molecule has 0 aliphatic carbocycles. The molecule has 0 unspecified atom stereocenters. The summed E-state index contributed by atoms with van der Waals surface area (Å²) in [5.41, 5.74) is -1.48. The van der Waals surface area contributed by atoms with E-state index in [-0.39, 0.29) is 12.3 Å². The summed E-state index contributed by atoms with van der Waals surface area (Å²) in [6, 6.07) is 7.36. The van der Waals surface area contributed by atoms with E-state index in [1.54, 1.807) is 6.07 Å². The van der Waals surface area contributed by atoms with Crippen LogP contribution in [-0.4, -0.2) is 17.4 Å². The quantitative estimate of drug-likeness (QED) is 0.475. The Hall–Kier alpha value is -3.48. The highest BCUT2D eigenvalue weighted by Crippen LogP contribution is 2.24. The molecule has 1 aromatic heterocycles. The molecule has 10 heteroatoms. The number of pyridine rings is 1. The van der Waals surface area contributed by atoms with Crippen molar-refractivity contribution in [1.29, 1.82) is 5.26 Å². The summed E-state index contributed by atoms with van der Waals surface area (Å²) in [7, 11) is 0. The van der Waals surface area contributed by atoms with Crippen LogP contribution in [0.25, 0.3) is 10.9 Å². The number of nitrogens with zero attached hydrogens (tertiary/aromatic N) is 2. The summed E-state index contributed by atoms with van der Waals surface area (Å²) >= 11 is 0. The second-order valence-electron chi connectivity index (χ2n) is 6.04. The summed E-state index contributed by atoms with van der Waals surface area (Å²) < 4.78 is 83.8. The van der Waals surface area contributed by atoms with Gasteiger partial charge in [-0.15, -0.1) is 0 Å². The Balaban J connectivity index is 2.02. The molecule has 1 heterocycles. The smallest absolute Gasteiger partial charge is 0.422 e. The minimum Gasteiger partial charge on any atom is -0.484 e. The van der Waals surface area contributed by atoms with Gasteiger partial charge in [-0.1, -0.05) is 12.1 Å². The van der Waals surface area contributed by atoms with E-state index < -0.39 is 52.1 Å². The monoisotopic (exact) mass is 412 g/mol. The molecule has 0 N–H and O–H groups in total. The number of rotatable bonds is 4. The molecule has 0 aliphatic rings. The third kappa shape index (κ3) is 4.18. The van der Waals surface area contributed by atoms with Crippen molar-refractivity contribution < 1.29 is 31.1 Å². The molecule has 0 spiro atoms. The largest absolute Gasteiger partial charge is 0.484 e. The maximum atomic E-state index is 14.3. The molecule has 150 valence electrons. The first-order valence-corrected chi connectivity index (χ1v) is 8.00. The van der Waals surface area contributed by atoms with Crippen LogP contribution >= 0.6 is 0 Å². The molecule has 0 fully saturated rings. The van der Waals surface area contributed by atoms with Crippen LogP contribution in [0.2, 0.25) is 0 Å². The summed E-state index contributed by atoms with van der Waals surface area (Å²) in [5, 5.41) is 8.58. The van der Waals surface area contributed by atoms with Crippen molar-refractivity contribution >= 4 is 10.9 Å². The number of hydrogen-bond acceptors (Lipinski definition) is 3. The fourth-order valence-electron chi connectivity index (χ4n) is 2.72. The second-order valence-corrected chi connectivity index (χ2v) is 6.04. The molecule has 29 heavy (non-hydrogen) atoms. The minimum atomic E-state index is -4.50. The first kappa shape index (κ1) is 20.3. The predicted octanol–water partition coefficient (Wildman–Crippen LogP) is 4.28. The van der Waals surface area contributed by atoms with Gasteiger partial charge in [-0.05, 0) is 23.8 Å². The van der Waals surface area contributed by atoms with Gasteiger partial charge in [0.25, 0.3) is 0 Å². The number of aromatic nitrogens is 1. The number of fused-ring (bicyclic) bond motifs is 1. The van der Waals surface area contributed by atoms with Gasteiger partial charge in [0.15, 0.2) is 24.1 Å². The third-order valence-corrected chi connectivity index (χ3v) is 4.00. The van der Waals surface area contributed by atoms with Crippen LogP contribution < -0.4 is 10.2 Å². The van der Waals surface area contributed by atoms with Gasteiger partial charge in [0.1, 0.15) is 17.4 Å². The highest BCUT2D eigenvalue weighted by atomic mass is 19.4. The van der Waals surface area contributed by atoms with Gasteiger partial charge in [-0.3, -0.25) is 4.79 Å². The fourth-order valence-corrected chi connectivity index (χ4v) is 2.72. The van der Waals surface area contributed by atoms with E-state index in [0.29, 0.717) is 11.6 Å². The van der Waals surface area contributed by atoms with Gasteiger partial charge in [0.05, 0.1) is 10.9 Å². The lowest BCUT2D eigenvalue weighted by Crippen LogP contribution is -2.19. The van der Waals surface area contributed by atoms with Crippen molar-refractivity contribution in [3.05, 3.63) is 75.3 Å². The maximum absolute atomic E-state index is 14.3. The highest BCUT2D eigenvalue weighted by Gasteiger charge is 2.28.